The first-order valence-electron chi connectivity index (χ1n) is 6.05. The summed E-state index contributed by atoms with van der Waals surface area (Å²) in [5, 5.41) is 1.98. The highest BCUT2D eigenvalue weighted by Crippen LogP contribution is 2.34. The second-order valence-corrected chi connectivity index (χ2v) is 5.13. The van der Waals surface area contributed by atoms with Crippen molar-refractivity contribution in [2.75, 3.05) is 0 Å². The highest BCUT2D eigenvalue weighted by atomic mass is 35.5. The lowest BCUT2D eigenvalue weighted by Crippen LogP contribution is -1.99. The molecule has 0 saturated heterocycles. The van der Waals surface area contributed by atoms with Gasteiger partial charge in [-0.05, 0) is 19.4 Å². The fourth-order valence-electron chi connectivity index (χ4n) is 2.20. The maximum Gasteiger partial charge on any atom is 0.163 e. The Morgan fingerprint density at radius 1 is 1.33 bits per heavy atom. The molecule has 2 rings (SSSR count). The number of aryl methyl sites for hydroxylation is 1. The number of carbonyl (C=O) groups excluding carboxylic acids is 1. The molecule has 1 heterocycles. The number of benzene rings is 1. The lowest BCUT2D eigenvalue weighted by Gasteiger charge is -2.06. The quantitative estimate of drug-likeness (QED) is 0.728. The summed E-state index contributed by atoms with van der Waals surface area (Å²) in [6.07, 6.45) is 2.07. The van der Waals surface area contributed by atoms with Crippen molar-refractivity contribution in [3.05, 3.63) is 33.9 Å². The van der Waals surface area contributed by atoms with Gasteiger partial charge in [0, 0.05) is 11.9 Å². The van der Waals surface area contributed by atoms with Gasteiger partial charge >= 0.3 is 0 Å². The topological polar surface area (TPSA) is 22.0 Å². The maximum absolute atomic E-state index is 11.7. The molecule has 0 N–H and O–H groups in total. The van der Waals surface area contributed by atoms with E-state index in [1.165, 1.54) is 6.92 Å². The zero-order chi connectivity index (χ0) is 13.3. The fourth-order valence-corrected chi connectivity index (χ4v) is 2.88. The van der Waals surface area contributed by atoms with Gasteiger partial charge in [0.05, 0.1) is 16.1 Å². The van der Waals surface area contributed by atoms with E-state index >= 15 is 0 Å². The Morgan fingerprint density at radius 2 is 2.06 bits per heavy atom. The number of ketones is 1. The Labute approximate surface area is 116 Å². The molecule has 0 fully saturated rings. The predicted molar refractivity (Wildman–Crippen MR) is 76.9 cm³/mol. The van der Waals surface area contributed by atoms with Crippen molar-refractivity contribution in [1.29, 1.82) is 0 Å². The molecule has 0 bridgehead atoms. The molecule has 0 atom stereocenters. The Hall–Kier alpha value is -0.990. The average Bonchev–Trinajstić information content (AvgIpc) is 2.60. The van der Waals surface area contributed by atoms with Crippen molar-refractivity contribution in [2.45, 2.75) is 33.2 Å². The third-order valence-electron chi connectivity index (χ3n) is 3.06. The molecule has 0 saturated carbocycles. The van der Waals surface area contributed by atoms with Crippen LogP contribution in [-0.4, -0.2) is 10.4 Å². The van der Waals surface area contributed by atoms with Crippen LogP contribution < -0.4 is 0 Å². The first-order chi connectivity index (χ1) is 8.57. The molecule has 1 aromatic heterocycles. The molecule has 0 amide bonds. The van der Waals surface area contributed by atoms with Crippen LogP contribution in [0.15, 0.2) is 18.2 Å². The van der Waals surface area contributed by atoms with Gasteiger partial charge in [-0.25, -0.2) is 0 Å². The second kappa shape index (κ2) is 5.33. The SMILES string of the molecule is CCCCn1c(Cl)c(C(C)=O)c2cccc(Cl)c21. The molecule has 96 valence electrons. The van der Waals surface area contributed by atoms with Crippen molar-refractivity contribution in [2.24, 2.45) is 0 Å². The van der Waals surface area contributed by atoms with Gasteiger partial charge in [0.2, 0.25) is 0 Å². The molecule has 18 heavy (non-hydrogen) atoms. The van der Waals surface area contributed by atoms with Gasteiger partial charge in [-0.1, -0.05) is 48.7 Å². The molecule has 4 heteroatoms. The number of halogens is 2. The predicted octanol–water partition coefficient (Wildman–Crippen LogP) is 4.95. The number of nitrogens with zero attached hydrogens (tertiary/aromatic N) is 1. The van der Waals surface area contributed by atoms with E-state index in [4.69, 9.17) is 23.2 Å². The lowest BCUT2D eigenvalue weighted by molar-refractivity contribution is 0.101. The zero-order valence-electron chi connectivity index (χ0n) is 10.5. The average molecular weight is 284 g/mol. The van der Waals surface area contributed by atoms with E-state index in [-0.39, 0.29) is 5.78 Å². The number of carbonyl (C=O) groups is 1. The Balaban J connectivity index is 2.75. The van der Waals surface area contributed by atoms with E-state index in [9.17, 15) is 4.79 Å². The largest absolute Gasteiger partial charge is 0.330 e. The van der Waals surface area contributed by atoms with Crippen LogP contribution >= 0.6 is 23.2 Å². The molecule has 0 unspecified atom stereocenters. The second-order valence-electron chi connectivity index (χ2n) is 4.36. The molecule has 0 radical (unpaired) electrons. The van der Waals surface area contributed by atoms with Crippen molar-refractivity contribution in [1.82, 2.24) is 4.57 Å². The van der Waals surface area contributed by atoms with Gasteiger partial charge in [0.25, 0.3) is 0 Å². The first-order valence-corrected chi connectivity index (χ1v) is 6.80. The van der Waals surface area contributed by atoms with Crippen LogP contribution in [-0.2, 0) is 6.54 Å². The van der Waals surface area contributed by atoms with Gasteiger partial charge in [-0.3, -0.25) is 4.79 Å². The molecule has 0 aliphatic heterocycles. The maximum atomic E-state index is 11.7. The highest BCUT2D eigenvalue weighted by molar-refractivity contribution is 6.39. The van der Waals surface area contributed by atoms with E-state index < -0.39 is 0 Å². The van der Waals surface area contributed by atoms with Gasteiger partial charge < -0.3 is 4.57 Å². The van der Waals surface area contributed by atoms with Crippen molar-refractivity contribution >= 4 is 39.9 Å². The summed E-state index contributed by atoms with van der Waals surface area (Å²) in [4.78, 5) is 11.7. The number of aromatic nitrogens is 1. The van der Waals surface area contributed by atoms with E-state index in [0.717, 1.165) is 30.3 Å². The number of hydrogen-bond donors (Lipinski definition) is 0. The lowest BCUT2D eigenvalue weighted by atomic mass is 10.1. The monoisotopic (exact) mass is 283 g/mol. The fraction of sp³-hybridized carbons (Fsp3) is 0.357. The summed E-state index contributed by atoms with van der Waals surface area (Å²) in [5.74, 6) is -0.0254. The molecule has 0 aliphatic carbocycles. The standard InChI is InChI=1S/C14H15Cl2NO/c1-3-4-8-17-13-10(6-5-7-11(13)15)12(9(2)18)14(17)16/h5-7H,3-4,8H2,1-2H3. The summed E-state index contributed by atoms with van der Waals surface area (Å²) >= 11 is 12.6. The summed E-state index contributed by atoms with van der Waals surface area (Å²) in [6.45, 7) is 4.43. The third kappa shape index (κ3) is 2.15. The van der Waals surface area contributed by atoms with Crippen LogP contribution in [0.1, 0.15) is 37.0 Å². The summed E-state index contributed by atoms with van der Waals surface area (Å²) in [5.41, 5.74) is 1.44. The van der Waals surface area contributed by atoms with E-state index in [0.29, 0.717) is 15.7 Å². The van der Waals surface area contributed by atoms with Gasteiger partial charge in [-0.2, -0.15) is 0 Å². The molecule has 0 spiro atoms. The van der Waals surface area contributed by atoms with E-state index in [2.05, 4.69) is 6.92 Å². The van der Waals surface area contributed by atoms with Crippen LogP contribution in [0.4, 0.5) is 0 Å². The van der Waals surface area contributed by atoms with Gasteiger partial charge in [0.15, 0.2) is 5.78 Å². The number of para-hydroxylation sites is 1. The first kappa shape index (κ1) is 13.4. The number of Topliss-reactive ketones (excluding diaryl/α,β-unsaturated/α-hetero) is 1. The third-order valence-corrected chi connectivity index (χ3v) is 3.75. The van der Waals surface area contributed by atoms with Gasteiger partial charge in [-0.15, -0.1) is 0 Å². The number of rotatable bonds is 4. The van der Waals surface area contributed by atoms with Crippen molar-refractivity contribution in [3.8, 4) is 0 Å². The highest BCUT2D eigenvalue weighted by Gasteiger charge is 2.19. The summed E-state index contributed by atoms with van der Waals surface area (Å²) < 4.78 is 1.94. The van der Waals surface area contributed by atoms with Crippen LogP contribution in [0.2, 0.25) is 10.2 Å². The zero-order valence-corrected chi connectivity index (χ0v) is 12.0. The van der Waals surface area contributed by atoms with Gasteiger partial charge in [0.1, 0.15) is 5.15 Å². The Morgan fingerprint density at radius 3 is 2.67 bits per heavy atom. The minimum atomic E-state index is -0.0254. The summed E-state index contributed by atoms with van der Waals surface area (Å²) in [6, 6.07) is 5.57. The van der Waals surface area contributed by atoms with E-state index in [1.54, 1.807) is 0 Å². The number of unbranched alkanes of at least 4 members (excludes halogenated alkanes) is 1. The minimum Gasteiger partial charge on any atom is -0.330 e. The summed E-state index contributed by atoms with van der Waals surface area (Å²) in [7, 11) is 0. The van der Waals surface area contributed by atoms with Crippen LogP contribution in [0, 0.1) is 0 Å². The smallest absolute Gasteiger partial charge is 0.163 e. The van der Waals surface area contributed by atoms with Crippen LogP contribution in [0.25, 0.3) is 10.9 Å². The van der Waals surface area contributed by atoms with Crippen LogP contribution in [0.3, 0.4) is 0 Å². The molecular formula is C14H15Cl2NO. The van der Waals surface area contributed by atoms with Crippen molar-refractivity contribution < 1.29 is 4.79 Å². The van der Waals surface area contributed by atoms with Crippen LogP contribution in [0.5, 0.6) is 0 Å². The number of fused-ring (bicyclic) bond motifs is 1. The normalized spacial score (nSPS) is 11.1. The molecule has 2 nitrogen and oxygen atoms in total. The molecule has 2 aromatic rings. The Kier molecular flexibility index (Phi) is 3.98. The molecule has 0 aliphatic rings. The molecule has 1 aromatic carbocycles. The minimum absolute atomic E-state index is 0.0254. The Bertz CT molecular complexity index is 601. The number of hydrogen-bond acceptors (Lipinski definition) is 1. The molecular weight excluding hydrogens is 269 g/mol. The van der Waals surface area contributed by atoms with Crippen molar-refractivity contribution in [3.63, 3.8) is 0 Å². The van der Waals surface area contributed by atoms with E-state index in [1.807, 2.05) is 22.8 Å².